The van der Waals surface area contributed by atoms with Gasteiger partial charge in [0.2, 0.25) is 0 Å². The molecule has 0 saturated carbocycles. The summed E-state index contributed by atoms with van der Waals surface area (Å²) in [5.41, 5.74) is 3.39. The van der Waals surface area contributed by atoms with Gasteiger partial charge in [-0.1, -0.05) is 30.3 Å². The number of fused-ring (bicyclic) bond motifs is 1. The van der Waals surface area contributed by atoms with Crippen LogP contribution >= 0.6 is 0 Å². The van der Waals surface area contributed by atoms with E-state index in [1.807, 2.05) is 29.2 Å². The van der Waals surface area contributed by atoms with Crippen LogP contribution < -0.4 is 4.74 Å². The topological polar surface area (TPSA) is 37.7 Å². The van der Waals surface area contributed by atoms with E-state index < -0.39 is 0 Å². The fourth-order valence-corrected chi connectivity index (χ4v) is 5.29. The molecule has 3 aromatic rings. The first-order valence-corrected chi connectivity index (χ1v) is 12.0. The van der Waals surface area contributed by atoms with Crippen molar-refractivity contribution in [1.29, 1.82) is 0 Å². The van der Waals surface area contributed by atoms with Crippen LogP contribution in [0.5, 0.6) is 5.75 Å². The van der Waals surface area contributed by atoms with E-state index in [0.717, 1.165) is 51.3 Å². The minimum Gasteiger partial charge on any atom is -0.492 e. The van der Waals surface area contributed by atoms with Crippen molar-refractivity contribution < 1.29 is 9.53 Å². The smallest absolute Gasteiger partial charge is 0.257 e. The molecule has 0 bridgehead atoms. The summed E-state index contributed by atoms with van der Waals surface area (Å²) >= 11 is 0. The molecule has 2 aromatic carbocycles. The summed E-state index contributed by atoms with van der Waals surface area (Å²) in [6.45, 7) is 5.52. The molecule has 2 aliphatic rings. The van der Waals surface area contributed by atoms with Gasteiger partial charge >= 0.3 is 0 Å². The van der Waals surface area contributed by atoms with Gasteiger partial charge in [-0.05, 0) is 56.0 Å². The first-order valence-electron chi connectivity index (χ1n) is 12.0. The van der Waals surface area contributed by atoms with E-state index in [4.69, 9.17) is 4.74 Å². The van der Waals surface area contributed by atoms with Gasteiger partial charge in [0.25, 0.3) is 5.91 Å². The largest absolute Gasteiger partial charge is 0.492 e. The maximum absolute atomic E-state index is 12.9. The highest BCUT2D eigenvalue weighted by atomic mass is 16.5. The number of rotatable bonds is 6. The lowest BCUT2D eigenvalue weighted by Gasteiger charge is -2.32. The van der Waals surface area contributed by atoms with Crippen molar-refractivity contribution in [1.82, 2.24) is 14.4 Å². The molecule has 5 rings (SSSR count). The maximum atomic E-state index is 12.9. The Hall–Kier alpha value is -2.79. The van der Waals surface area contributed by atoms with Crippen molar-refractivity contribution in [3.05, 3.63) is 65.9 Å². The molecule has 0 N–H and O–H groups in total. The zero-order valence-corrected chi connectivity index (χ0v) is 19.0. The van der Waals surface area contributed by atoms with E-state index in [0.29, 0.717) is 18.1 Å². The molecule has 1 atom stereocenters. The number of likely N-dealkylation sites (tertiary alicyclic amines) is 2. The Morgan fingerprint density at radius 1 is 1.00 bits per heavy atom. The predicted molar refractivity (Wildman–Crippen MR) is 128 cm³/mol. The molecular weight excluding hydrogens is 398 g/mol. The molecule has 0 radical (unpaired) electrons. The number of piperidine rings is 1. The summed E-state index contributed by atoms with van der Waals surface area (Å²) in [6, 6.07) is 16.4. The number of nitrogens with zero attached hydrogens (tertiary/aromatic N) is 3. The zero-order valence-electron chi connectivity index (χ0n) is 19.0. The molecule has 2 aliphatic heterocycles. The lowest BCUT2D eigenvalue weighted by molar-refractivity contribution is 0.0784. The molecule has 0 spiro atoms. The minimum atomic E-state index is 0.110. The standard InChI is InChI=1S/C27H33N3O2/c1-28-18-22(23-10-2-4-12-25(23)28)19-29-14-8-9-21(17-29)20-32-26-13-5-3-11-24(26)27(31)30-15-6-7-16-30/h2-5,10-13,18,21H,6-9,14-17,19-20H2,1H3. The number of aromatic nitrogens is 1. The average Bonchev–Trinajstić information content (AvgIpc) is 3.47. The molecule has 3 heterocycles. The van der Waals surface area contributed by atoms with Gasteiger partial charge in [-0.15, -0.1) is 0 Å². The van der Waals surface area contributed by atoms with Gasteiger partial charge in [-0.2, -0.15) is 0 Å². The van der Waals surface area contributed by atoms with Crippen LogP contribution in [0.2, 0.25) is 0 Å². The van der Waals surface area contributed by atoms with Crippen LogP contribution in [0.1, 0.15) is 41.6 Å². The lowest BCUT2D eigenvalue weighted by Crippen LogP contribution is -2.37. The van der Waals surface area contributed by atoms with Crippen LogP contribution in [0.15, 0.2) is 54.7 Å². The molecule has 168 valence electrons. The summed E-state index contributed by atoms with van der Waals surface area (Å²) < 4.78 is 8.48. The number of aryl methyl sites for hydroxylation is 1. The molecule has 1 unspecified atom stereocenters. The predicted octanol–water partition coefficient (Wildman–Crippen LogP) is 4.71. The third-order valence-corrected chi connectivity index (χ3v) is 6.96. The van der Waals surface area contributed by atoms with Gasteiger partial charge in [0, 0.05) is 56.2 Å². The van der Waals surface area contributed by atoms with Gasteiger partial charge in [-0.3, -0.25) is 9.69 Å². The molecule has 32 heavy (non-hydrogen) atoms. The third kappa shape index (κ3) is 4.40. The van der Waals surface area contributed by atoms with Crippen LogP contribution in [0.4, 0.5) is 0 Å². The van der Waals surface area contributed by atoms with Crippen LogP contribution in [0, 0.1) is 5.92 Å². The number of benzene rings is 2. The van der Waals surface area contributed by atoms with E-state index in [2.05, 4.69) is 47.0 Å². The average molecular weight is 432 g/mol. The first kappa shape index (κ1) is 21.1. The number of amides is 1. The van der Waals surface area contributed by atoms with Crippen LogP contribution in [-0.2, 0) is 13.6 Å². The highest BCUT2D eigenvalue weighted by Gasteiger charge is 2.25. The van der Waals surface area contributed by atoms with E-state index in [-0.39, 0.29) is 5.91 Å². The quantitative estimate of drug-likeness (QED) is 0.568. The Balaban J connectivity index is 1.22. The van der Waals surface area contributed by atoms with Crippen LogP contribution in [-0.4, -0.2) is 53.1 Å². The van der Waals surface area contributed by atoms with E-state index in [1.54, 1.807) is 0 Å². The number of hydrogen-bond donors (Lipinski definition) is 0. The van der Waals surface area contributed by atoms with E-state index in [9.17, 15) is 4.79 Å². The van der Waals surface area contributed by atoms with Gasteiger partial charge < -0.3 is 14.2 Å². The molecule has 0 aliphatic carbocycles. The summed E-state index contributed by atoms with van der Waals surface area (Å²) in [6.07, 6.45) is 6.83. The van der Waals surface area contributed by atoms with Crippen molar-refractivity contribution in [2.24, 2.45) is 13.0 Å². The molecule has 1 aromatic heterocycles. The Bertz CT molecular complexity index is 1080. The normalized spacial score (nSPS) is 19.5. The second-order valence-corrected chi connectivity index (χ2v) is 9.33. The Morgan fingerprint density at radius 2 is 1.78 bits per heavy atom. The highest BCUT2D eigenvalue weighted by Crippen LogP contribution is 2.27. The monoisotopic (exact) mass is 431 g/mol. The minimum absolute atomic E-state index is 0.110. The van der Waals surface area contributed by atoms with Gasteiger partial charge in [0.05, 0.1) is 12.2 Å². The summed E-state index contributed by atoms with van der Waals surface area (Å²) in [5, 5.41) is 1.35. The molecule has 2 fully saturated rings. The zero-order chi connectivity index (χ0) is 21.9. The van der Waals surface area contributed by atoms with Crippen molar-refractivity contribution >= 4 is 16.8 Å². The molecule has 5 heteroatoms. The van der Waals surface area contributed by atoms with Gasteiger partial charge in [-0.25, -0.2) is 0 Å². The number of carbonyl (C=O) groups is 1. The van der Waals surface area contributed by atoms with Gasteiger partial charge in [0.1, 0.15) is 5.75 Å². The first-order chi connectivity index (χ1) is 15.7. The van der Waals surface area contributed by atoms with E-state index >= 15 is 0 Å². The molecular formula is C27H33N3O2. The highest BCUT2D eigenvalue weighted by molar-refractivity contribution is 5.97. The summed E-state index contributed by atoms with van der Waals surface area (Å²) in [7, 11) is 2.12. The van der Waals surface area contributed by atoms with Crippen molar-refractivity contribution in [2.75, 3.05) is 32.8 Å². The Labute approximate surface area is 190 Å². The fourth-order valence-electron chi connectivity index (χ4n) is 5.29. The van der Waals surface area contributed by atoms with Crippen LogP contribution in [0.3, 0.4) is 0 Å². The Kier molecular flexibility index (Phi) is 6.17. The second-order valence-electron chi connectivity index (χ2n) is 9.33. The molecule has 1 amide bonds. The number of carbonyl (C=O) groups excluding carboxylic acids is 1. The van der Waals surface area contributed by atoms with Crippen LogP contribution in [0.25, 0.3) is 10.9 Å². The molecule has 5 nitrogen and oxygen atoms in total. The summed E-state index contributed by atoms with van der Waals surface area (Å²) in [4.78, 5) is 17.4. The number of hydrogen-bond acceptors (Lipinski definition) is 3. The van der Waals surface area contributed by atoms with E-state index in [1.165, 1.54) is 29.3 Å². The Morgan fingerprint density at radius 3 is 2.66 bits per heavy atom. The number of para-hydroxylation sites is 2. The second kappa shape index (κ2) is 9.37. The van der Waals surface area contributed by atoms with Crippen molar-refractivity contribution in [3.8, 4) is 5.75 Å². The van der Waals surface area contributed by atoms with Crippen molar-refractivity contribution in [3.63, 3.8) is 0 Å². The summed E-state index contributed by atoms with van der Waals surface area (Å²) in [5.74, 6) is 1.32. The maximum Gasteiger partial charge on any atom is 0.257 e. The third-order valence-electron chi connectivity index (χ3n) is 6.96. The lowest BCUT2D eigenvalue weighted by atomic mass is 9.98. The molecule has 2 saturated heterocycles. The van der Waals surface area contributed by atoms with Crippen molar-refractivity contribution in [2.45, 2.75) is 32.2 Å². The fraction of sp³-hybridized carbons (Fsp3) is 0.444. The number of ether oxygens (including phenoxy) is 1. The SMILES string of the molecule is Cn1cc(CN2CCCC(COc3ccccc3C(=O)N3CCCC3)C2)c2ccccc21. The van der Waals surface area contributed by atoms with Gasteiger partial charge in [0.15, 0.2) is 0 Å².